The van der Waals surface area contributed by atoms with Gasteiger partial charge in [0.2, 0.25) is 5.76 Å². The van der Waals surface area contributed by atoms with Gasteiger partial charge in [-0.2, -0.15) is 21.6 Å². The fraction of sp³-hybridized carbons (Fsp3) is 0.0588. The van der Waals surface area contributed by atoms with Gasteiger partial charge < -0.3 is 4.18 Å². The summed E-state index contributed by atoms with van der Waals surface area (Å²) in [5, 5.41) is 0. The summed E-state index contributed by atoms with van der Waals surface area (Å²) in [6.07, 6.45) is 5.23. The van der Waals surface area contributed by atoms with E-state index in [2.05, 4.69) is 4.18 Å². The van der Waals surface area contributed by atoms with Crippen molar-refractivity contribution in [2.24, 2.45) is 0 Å². The van der Waals surface area contributed by atoms with Crippen molar-refractivity contribution in [1.29, 1.82) is 0 Å². The third-order valence-corrected chi connectivity index (χ3v) is 3.91. The monoisotopic (exact) mass is 352 g/mol. The van der Waals surface area contributed by atoms with Gasteiger partial charge in [-0.05, 0) is 17.0 Å². The SMILES string of the molecule is C#CC(OS(=O)(=O)C(F)(F)F)=C(c1ccccc1)c1ccccc1. The number of alkyl halides is 3. The molecule has 0 fully saturated rings. The molecule has 0 aliphatic heterocycles. The summed E-state index contributed by atoms with van der Waals surface area (Å²) < 4.78 is 64.6. The zero-order valence-corrected chi connectivity index (χ0v) is 12.9. The van der Waals surface area contributed by atoms with Crippen LogP contribution in [0.4, 0.5) is 13.2 Å². The quantitative estimate of drug-likeness (QED) is 0.362. The molecule has 124 valence electrons. The van der Waals surface area contributed by atoms with Crippen LogP contribution in [0.15, 0.2) is 66.4 Å². The molecule has 0 aliphatic rings. The first kappa shape index (κ1) is 17.6. The van der Waals surface area contributed by atoms with Gasteiger partial charge in [0.1, 0.15) is 0 Å². The van der Waals surface area contributed by atoms with E-state index in [0.717, 1.165) is 0 Å². The number of hydrogen-bond donors (Lipinski definition) is 0. The molecular formula is C17H11F3O3S. The van der Waals surface area contributed by atoms with E-state index in [1.165, 1.54) is 0 Å². The zero-order chi connectivity index (χ0) is 17.8. The van der Waals surface area contributed by atoms with Gasteiger partial charge in [0, 0.05) is 5.57 Å². The van der Waals surface area contributed by atoms with E-state index >= 15 is 0 Å². The summed E-state index contributed by atoms with van der Waals surface area (Å²) in [5.41, 5.74) is -4.65. The van der Waals surface area contributed by atoms with Crippen molar-refractivity contribution >= 4 is 15.7 Å². The molecule has 2 aromatic carbocycles. The summed E-state index contributed by atoms with van der Waals surface area (Å²) in [6, 6.07) is 16.3. The van der Waals surface area contributed by atoms with Crippen molar-refractivity contribution in [3.63, 3.8) is 0 Å². The smallest absolute Gasteiger partial charge is 0.366 e. The van der Waals surface area contributed by atoms with Gasteiger partial charge in [0.25, 0.3) is 0 Å². The highest BCUT2D eigenvalue weighted by Gasteiger charge is 2.49. The number of allylic oxidation sites excluding steroid dienone is 1. The van der Waals surface area contributed by atoms with E-state index in [1.807, 2.05) is 5.92 Å². The summed E-state index contributed by atoms with van der Waals surface area (Å²) in [4.78, 5) is 0. The van der Waals surface area contributed by atoms with Gasteiger partial charge in [-0.15, -0.1) is 6.42 Å². The maximum absolute atomic E-state index is 12.6. The molecule has 0 aromatic heterocycles. The molecule has 0 atom stereocenters. The van der Waals surface area contributed by atoms with Gasteiger partial charge in [0.05, 0.1) is 0 Å². The molecule has 0 radical (unpaired) electrons. The molecule has 7 heteroatoms. The van der Waals surface area contributed by atoms with Gasteiger partial charge in [0.15, 0.2) is 0 Å². The first-order valence-corrected chi connectivity index (χ1v) is 7.99. The number of benzene rings is 2. The Morgan fingerprint density at radius 1 is 0.917 bits per heavy atom. The van der Waals surface area contributed by atoms with Crippen LogP contribution >= 0.6 is 0 Å². The van der Waals surface area contributed by atoms with Crippen LogP contribution in [-0.2, 0) is 14.3 Å². The second kappa shape index (κ2) is 6.81. The molecule has 0 N–H and O–H groups in total. The minimum atomic E-state index is -5.87. The Balaban J connectivity index is 2.68. The molecule has 0 saturated carbocycles. The van der Waals surface area contributed by atoms with Gasteiger partial charge in [-0.25, -0.2) is 0 Å². The van der Waals surface area contributed by atoms with Gasteiger partial charge in [-0.3, -0.25) is 0 Å². The molecule has 24 heavy (non-hydrogen) atoms. The summed E-state index contributed by atoms with van der Waals surface area (Å²) >= 11 is 0. The predicted molar refractivity (Wildman–Crippen MR) is 83.8 cm³/mol. The number of terminal acetylenes is 1. The van der Waals surface area contributed by atoms with Crippen LogP contribution < -0.4 is 0 Å². The second-order valence-electron chi connectivity index (χ2n) is 4.56. The normalized spacial score (nSPS) is 11.4. The number of hydrogen-bond acceptors (Lipinski definition) is 3. The second-order valence-corrected chi connectivity index (χ2v) is 6.10. The molecule has 3 nitrogen and oxygen atoms in total. The van der Waals surface area contributed by atoms with Crippen molar-refractivity contribution in [2.45, 2.75) is 5.51 Å². The Labute approximate surface area is 137 Å². The zero-order valence-electron chi connectivity index (χ0n) is 12.1. The molecule has 0 amide bonds. The average molecular weight is 352 g/mol. The third-order valence-electron chi connectivity index (χ3n) is 2.96. The van der Waals surface area contributed by atoms with Crippen LogP contribution in [0.3, 0.4) is 0 Å². The predicted octanol–water partition coefficient (Wildman–Crippen LogP) is 3.95. The van der Waals surface area contributed by atoms with Gasteiger partial charge >= 0.3 is 15.6 Å². The van der Waals surface area contributed by atoms with Gasteiger partial charge in [-0.1, -0.05) is 60.7 Å². The van der Waals surface area contributed by atoms with Crippen molar-refractivity contribution < 1.29 is 25.8 Å². The molecule has 0 bridgehead atoms. The Kier molecular flexibility index (Phi) is 5.00. The Morgan fingerprint density at radius 2 is 1.33 bits per heavy atom. The molecule has 0 unspecified atom stereocenters. The van der Waals surface area contributed by atoms with E-state index in [-0.39, 0.29) is 5.57 Å². The highest BCUT2D eigenvalue weighted by Crippen LogP contribution is 2.32. The summed E-state index contributed by atoms with van der Waals surface area (Å²) in [6.45, 7) is 0. The van der Waals surface area contributed by atoms with Crippen LogP contribution in [0.25, 0.3) is 5.57 Å². The third kappa shape index (κ3) is 3.78. The van der Waals surface area contributed by atoms with E-state index in [0.29, 0.717) is 11.1 Å². The van der Waals surface area contributed by atoms with E-state index in [4.69, 9.17) is 6.42 Å². The molecule has 0 heterocycles. The fourth-order valence-electron chi connectivity index (χ4n) is 1.93. The minimum Gasteiger partial charge on any atom is -0.366 e. The summed E-state index contributed by atoms with van der Waals surface area (Å²) in [5.74, 6) is 1.17. The van der Waals surface area contributed by atoms with Crippen molar-refractivity contribution in [2.75, 3.05) is 0 Å². The van der Waals surface area contributed by atoms with Crippen molar-refractivity contribution in [1.82, 2.24) is 0 Å². The minimum absolute atomic E-state index is 0.0755. The lowest BCUT2D eigenvalue weighted by Gasteiger charge is -2.14. The first-order chi connectivity index (χ1) is 11.3. The molecule has 2 aromatic rings. The largest absolute Gasteiger partial charge is 0.534 e. The molecule has 0 aliphatic carbocycles. The molecule has 0 spiro atoms. The fourth-order valence-corrected chi connectivity index (χ4v) is 2.38. The molecule has 0 saturated heterocycles. The maximum Gasteiger partial charge on any atom is 0.534 e. The highest BCUT2D eigenvalue weighted by atomic mass is 32.2. The van der Waals surface area contributed by atoms with Crippen LogP contribution in [0.2, 0.25) is 0 Å². The van der Waals surface area contributed by atoms with Crippen molar-refractivity contribution in [3.8, 4) is 12.3 Å². The van der Waals surface area contributed by atoms with E-state index in [1.54, 1.807) is 60.7 Å². The highest BCUT2D eigenvalue weighted by molar-refractivity contribution is 7.87. The Hall–Kier alpha value is -2.72. The number of halogens is 3. The van der Waals surface area contributed by atoms with Crippen LogP contribution in [-0.4, -0.2) is 13.9 Å². The molecular weight excluding hydrogens is 341 g/mol. The van der Waals surface area contributed by atoms with E-state index in [9.17, 15) is 21.6 Å². The lowest BCUT2D eigenvalue weighted by atomic mass is 9.97. The average Bonchev–Trinajstić information content (AvgIpc) is 2.55. The lowest BCUT2D eigenvalue weighted by Crippen LogP contribution is -2.25. The van der Waals surface area contributed by atoms with E-state index < -0.39 is 21.4 Å². The Bertz CT molecular complexity index is 837. The van der Waals surface area contributed by atoms with Crippen LogP contribution in [0.5, 0.6) is 0 Å². The number of rotatable bonds is 4. The van der Waals surface area contributed by atoms with Crippen LogP contribution in [0, 0.1) is 12.3 Å². The van der Waals surface area contributed by atoms with Crippen LogP contribution in [0.1, 0.15) is 11.1 Å². The Morgan fingerprint density at radius 3 is 1.67 bits per heavy atom. The topological polar surface area (TPSA) is 43.4 Å². The first-order valence-electron chi connectivity index (χ1n) is 6.59. The summed E-state index contributed by atoms with van der Waals surface area (Å²) in [7, 11) is -5.87. The van der Waals surface area contributed by atoms with Crippen molar-refractivity contribution in [3.05, 3.63) is 77.5 Å². The maximum atomic E-state index is 12.6. The lowest BCUT2D eigenvalue weighted by molar-refractivity contribution is -0.0518. The molecule has 2 rings (SSSR count). The standard InChI is InChI=1S/C17H11F3O3S/c1-2-15(23-24(21,22)17(18,19)20)16(13-9-5-3-6-10-13)14-11-7-4-8-12-14/h1,3-12H.